The molecule has 0 aliphatic heterocycles. The number of benzene rings is 1. The van der Waals surface area contributed by atoms with E-state index < -0.39 is 5.97 Å². The van der Waals surface area contributed by atoms with Gasteiger partial charge in [0.1, 0.15) is 15.5 Å². The van der Waals surface area contributed by atoms with Gasteiger partial charge in [0.2, 0.25) is 5.91 Å². The van der Waals surface area contributed by atoms with Gasteiger partial charge in [-0.1, -0.05) is 0 Å². The number of methoxy groups -OCH3 is 1. The summed E-state index contributed by atoms with van der Waals surface area (Å²) in [5.41, 5.74) is 1.08. The molecule has 0 atom stereocenters. The summed E-state index contributed by atoms with van der Waals surface area (Å²) in [4.78, 5) is 43.7. The van der Waals surface area contributed by atoms with E-state index in [1.165, 1.54) is 33.6 Å². The van der Waals surface area contributed by atoms with Crippen molar-refractivity contribution < 1.29 is 19.1 Å². The highest BCUT2D eigenvalue weighted by Gasteiger charge is 2.20. The van der Waals surface area contributed by atoms with Crippen molar-refractivity contribution >= 4 is 50.5 Å². The molecule has 1 N–H and O–H groups in total. The van der Waals surface area contributed by atoms with Gasteiger partial charge in [-0.05, 0) is 54.3 Å². The van der Waals surface area contributed by atoms with Crippen molar-refractivity contribution in [3.05, 3.63) is 63.3 Å². The summed E-state index contributed by atoms with van der Waals surface area (Å²) < 4.78 is 11.8. The van der Waals surface area contributed by atoms with Crippen LogP contribution >= 0.6 is 22.7 Å². The molecule has 33 heavy (non-hydrogen) atoms. The van der Waals surface area contributed by atoms with Gasteiger partial charge in [-0.3, -0.25) is 14.2 Å². The first-order chi connectivity index (χ1) is 16.0. The quantitative estimate of drug-likeness (QED) is 0.373. The average molecular weight is 484 g/mol. The Labute approximate surface area is 197 Å². The Kier molecular flexibility index (Phi) is 6.85. The first-order valence-electron chi connectivity index (χ1n) is 10.2. The van der Waals surface area contributed by atoms with Crippen LogP contribution in [0.15, 0.2) is 52.9 Å². The van der Waals surface area contributed by atoms with Crippen molar-refractivity contribution in [3.8, 4) is 16.2 Å². The number of hydrogen-bond donors (Lipinski definition) is 1. The van der Waals surface area contributed by atoms with Gasteiger partial charge in [-0.25, -0.2) is 9.78 Å². The van der Waals surface area contributed by atoms with E-state index in [1.54, 1.807) is 26.2 Å². The molecule has 4 aromatic rings. The van der Waals surface area contributed by atoms with Crippen LogP contribution in [0.1, 0.15) is 23.0 Å². The number of amides is 1. The van der Waals surface area contributed by atoms with Crippen molar-refractivity contribution in [2.75, 3.05) is 19.0 Å². The van der Waals surface area contributed by atoms with Gasteiger partial charge in [-0.2, -0.15) is 0 Å². The number of aromatic nitrogens is 2. The van der Waals surface area contributed by atoms with Crippen LogP contribution in [0.3, 0.4) is 0 Å². The molecule has 10 heteroatoms. The van der Waals surface area contributed by atoms with Crippen LogP contribution in [0.5, 0.6) is 5.75 Å². The SMILES string of the molecule is CCOC(=O)c1sc(-c2ccc(OC)cc2)cc1NC(=O)CCn1cnc2sccc2c1=O. The van der Waals surface area contributed by atoms with E-state index in [2.05, 4.69) is 10.3 Å². The fraction of sp³-hybridized carbons (Fsp3) is 0.217. The number of carbonyl (C=O) groups excluding carboxylic acids is 2. The van der Waals surface area contributed by atoms with Gasteiger partial charge in [-0.15, -0.1) is 22.7 Å². The van der Waals surface area contributed by atoms with Gasteiger partial charge in [0.15, 0.2) is 0 Å². The highest BCUT2D eigenvalue weighted by atomic mass is 32.1. The molecule has 0 aliphatic rings. The Morgan fingerprint density at radius 3 is 2.70 bits per heavy atom. The molecule has 3 heterocycles. The number of aryl methyl sites for hydroxylation is 1. The zero-order valence-corrected chi connectivity index (χ0v) is 19.6. The lowest BCUT2D eigenvalue weighted by Crippen LogP contribution is -2.23. The van der Waals surface area contributed by atoms with Crippen LogP contribution in [0.25, 0.3) is 20.7 Å². The molecule has 1 amide bonds. The largest absolute Gasteiger partial charge is 0.497 e. The molecule has 0 unspecified atom stereocenters. The zero-order valence-electron chi connectivity index (χ0n) is 18.0. The molecule has 4 rings (SSSR count). The molecule has 0 spiro atoms. The van der Waals surface area contributed by atoms with Gasteiger partial charge in [0.25, 0.3) is 5.56 Å². The fourth-order valence-electron chi connectivity index (χ4n) is 3.22. The summed E-state index contributed by atoms with van der Waals surface area (Å²) in [6.45, 7) is 2.13. The van der Waals surface area contributed by atoms with Crippen LogP contribution in [0.2, 0.25) is 0 Å². The van der Waals surface area contributed by atoms with E-state index in [9.17, 15) is 14.4 Å². The Morgan fingerprint density at radius 2 is 1.97 bits per heavy atom. The number of thiophene rings is 2. The van der Waals surface area contributed by atoms with Crippen molar-refractivity contribution in [3.63, 3.8) is 0 Å². The Morgan fingerprint density at radius 1 is 1.18 bits per heavy atom. The molecule has 0 saturated heterocycles. The van der Waals surface area contributed by atoms with E-state index in [1.807, 2.05) is 29.6 Å². The molecule has 0 fully saturated rings. The second-order valence-electron chi connectivity index (χ2n) is 6.98. The van der Waals surface area contributed by atoms with E-state index in [-0.39, 0.29) is 31.0 Å². The number of fused-ring (bicyclic) bond motifs is 1. The number of rotatable bonds is 8. The molecule has 170 valence electrons. The summed E-state index contributed by atoms with van der Waals surface area (Å²) in [5, 5.41) is 5.14. The predicted octanol–water partition coefficient (Wildman–Crippen LogP) is 4.40. The van der Waals surface area contributed by atoms with Crippen molar-refractivity contribution in [1.29, 1.82) is 0 Å². The highest BCUT2D eigenvalue weighted by molar-refractivity contribution is 7.18. The monoisotopic (exact) mass is 483 g/mol. The average Bonchev–Trinajstić information content (AvgIpc) is 3.47. The van der Waals surface area contributed by atoms with Gasteiger partial charge in [0.05, 0.1) is 31.1 Å². The van der Waals surface area contributed by atoms with Crippen LogP contribution in [-0.2, 0) is 16.1 Å². The number of carbonyl (C=O) groups is 2. The molecular formula is C23H21N3O5S2. The smallest absolute Gasteiger partial charge is 0.350 e. The molecule has 0 bridgehead atoms. The van der Waals surface area contributed by atoms with Crippen molar-refractivity contribution in [1.82, 2.24) is 9.55 Å². The minimum absolute atomic E-state index is 0.0488. The van der Waals surface area contributed by atoms with Gasteiger partial charge < -0.3 is 14.8 Å². The Balaban J connectivity index is 1.52. The zero-order chi connectivity index (χ0) is 23.4. The molecule has 0 radical (unpaired) electrons. The maximum Gasteiger partial charge on any atom is 0.350 e. The van der Waals surface area contributed by atoms with E-state index >= 15 is 0 Å². The summed E-state index contributed by atoms with van der Waals surface area (Å²) in [5.74, 6) is -0.0994. The van der Waals surface area contributed by atoms with E-state index in [0.29, 0.717) is 20.8 Å². The normalized spacial score (nSPS) is 10.8. The first kappa shape index (κ1) is 22.7. The van der Waals surface area contributed by atoms with Crippen molar-refractivity contribution in [2.45, 2.75) is 19.9 Å². The highest BCUT2D eigenvalue weighted by Crippen LogP contribution is 2.36. The maximum absolute atomic E-state index is 12.7. The van der Waals surface area contributed by atoms with Crippen LogP contribution in [-0.4, -0.2) is 35.1 Å². The second kappa shape index (κ2) is 9.97. The van der Waals surface area contributed by atoms with Gasteiger partial charge >= 0.3 is 5.97 Å². The minimum Gasteiger partial charge on any atom is -0.497 e. The van der Waals surface area contributed by atoms with Crippen LogP contribution in [0, 0.1) is 0 Å². The number of nitrogens with zero attached hydrogens (tertiary/aromatic N) is 2. The summed E-state index contributed by atoms with van der Waals surface area (Å²) in [6, 6.07) is 10.9. The molecule has 8 nitrogen and oxygen atoms in total. The maximum atomic E-state index is 12.7. The summed E-state index contributed by atoms with van der Waals surface area (Å²) in [6.07, 6.45) is 1.50. The molecule has 0 saturated carbocycles. The molecule has 3 aromatic heterocycles. The number of nitrogens with one attached hydrogen (secondary N) is 1. The molecular weight excluding hydrogens is 462 g/mol. The predicted molar refractivity (Wildman–Crippen MR) is 129 cm³/mol. The Bertz CT molecular complexity index is 1350. The fourth-order valence-corrected chi connectivity index (χ4v) is 4.95. The Hall–Kier alpha value is -3.50. The summed E-state index contributed by atoms with van der Waals surface area (Å²) >= 11 is 2.63. The molecule has 0 aliphatic carbocycles. The minimum atomic E-state index is -0.499. The summed E-state index contributed by atoms with van der Waals surface area (Å²) in [7, 11) is 1.59. The van der Waals surface area contributed by atoms with Gasteiger partial charge in [0, 0.05) is 17.8 Å². The number of esters is 1. The lowest BCUT2D eigenvalue weighted by Gasteiger charge is -2.07. The first-order valence-corrected chi connectivity index (χ1v) is 11.9. The number of hydrogen-bond acceptors (Lipinski definition) is 8. The molecule has 1 aromatic carbocycles. The number of anilines is 1. The lowest BCUT2D eigenvalue weighted by molar-refractivity contribution is -0.116. The second-order valence-corrected chi connectivity index (χ2v) is 8.93. The van der Waals surface area contributed by atoms with Crippen molar-refractivity contribution in [2.24, 2.45) is 0 Å². The standard InChI is InChI=1S/C23H21N3O5S2/c1-3-31-23(29)20-17(12-18(33-20)14-4-6-15(30-2)7-5-14)25-19(27)8-10-26-13-24-21-16(22(26)28)9-11-32-21/h4-7,9,11-13H,3,8,10H2,1-2H3,(H,25,27). The third-order valence-electron chi connectivity index (χ3n) is 4.87. The topological polar surface area (TPSA) is 99.5 Å². The number of ether oxygens (including phenoxy) is 2. The lowest BCUT2D eigenvalue weighted by atomic mass is 10.2. The van der Waals surface area contributed by atoms with Crippen LogP contribution in [0.4, 0.5) is 5.69 Å². The third-order valence-corrected chi connectivity index (χ3v) is 6.86. The van der Waals surface area contributed by atoms with E-state index in [4.69, 9.17) is 9.47 Å². The van der Waals surface area contributed by atoms with Crippen LogP contribution < -0.4 is 15.6 Å². The van der Waals surface area contributed by atoms with E-state index in [0.717, 1.165) is 16.2 Å². The third kappa shape index (κ3) is 4.96.